The van der Waals surface area contributed by atoms with Gasteiger partial charge in [0.05, 0.1) is 22.1 Å². The predicted octanol–water partition coefficient (Wildman–Crippen LogP) is 13.8. The summed E-state index contributed by atoms with van der Waals surface area (Å²) in [7, 11) is 0. The summed E-state index contributed by atoms with van der Waals surface area (Å²) in [6.45, 7) is 4.66. The molecular weight excluding hydrogens is 679 g/mol. The van der Waals surface area contributed by atoms with E-state index >= 15 is 0 Å². The molecule has 2 heterocycles. The van der Waals surface area contributed by atoms with Crippen molar-refractivity contribution in [2.24, 2.45) is 0 Å². The molecule has 9 aromatic carbocycles. The summed E-state index contributed by atoms with van der Waals surface area (Å²) in [5.41, 5.74) is 13.5. The van der Waals surface area contributed by atoms with E-state index in [-0.39, 0.29) is 5.41 Å². The van der Waals surface area contributed by atoms with Crippen LogP contribution < -0.4 is 0 Å². The molecule has 0 amide bonds. The van der Waals surface area contributed by atoms with E-state index in [1.165, 1.54) is 76.5 Å². The van der Waals surface area contributed by atoms with Crippen molar-refractivity contribution in [2.75, 3.05) is 0 Å². The number of hydrogen-bond acceptors (Lipinski definition) is 2. The van der Waals surface area contributed by atoms with Crippen molar-refractivity contribution in [1.29, 1.82) is 0 Å². The van der Waals surface area contributed by atoms with Gasteiger partial charge in [-0.15, -0.1) is 0 Å². The lowest BCUT2D eigenvalue weighted by atomic mass is 9.82. The predicted molar refractivity (Wildman–Crippen MR) is 235 cm³/mol. The Labute approximate surface area is 324 Å². The molecule has 0 aliphatic heterocycles. The van der Waals surface area contributed by atoms with E-state index in [9.17, 15) is 0 Å². The highest BCUT2D eigenvalue weighted by atomic mass is 15.1. The number of fused-ring (bicyclic) bond motifs is 11. The number of hydrogen-bond donors (Lipinski definition) is 0. The number of nitrogens with zero attached hydrogens (tertiary/aromatic N) is 3. The molecule has 0 saturated carbocycles. The van der Waals surface area contributed by atoms with Gasteiger partial charge in [0.2, 0.25) is 0 Å². The van der Waals surface area contributed by atoms with Gasteiger partial charge in [0.1, 0.15) is 5.69 Å². The first kappa shape index (κ1) is 31.3. The molecule has 0 N–H and O–H groups in total. The average molecular weight is 714 g/mol. The van der Waals surface area contributed by atoms with E-state index < -0.39 is 0 Å². The van der Waals surface area contributed by atoms with Crippen LogP contribution >= 0.6 is 0 Å². The molecule has 12 rings (SSSR count). The smallest absolute Gasteiger partial charge is 0.165 e. The van der Waals surface area contributed by atoms with Crippen LogP contribution in [0.25, 0.3) is 104 Å². The lowest BCUT2D eigenvalue weighted by Gasteiger charge is -2.21. The standard InChI is InChI=1S/C53H35N3/c1-53(2)45-16-8-7-15-41(45)42-30-38(22-25-46(42)53)51-52(55-48-18-10-9-17-47(48)54-51)56-49-26-23-36(29-43(49)44-28-33-12-3-4-13-34(33)31-50(44)56)35-21-24-40-37(27-35)20-19-32-11-5-6-14-39(32)40/h3-31H,1-2H3. The molecule has 0 saturated heterocycles. The first-order valence-corrected chi connectivity index (χ1v) is 19.4. The zero-order valence-corrected chi connectivity index (χ0v) is 31.1. The van der Waals surface area contributed by atoms with E-state index in [0.717, 1.165) is 39.1 Å². The van der Waals surface area contributed by atoms with Crippen LogP contribution in [0.1, 0.15) is 25.0 Å². The van der Waals surface area contributed by atoms with Gasteiger partial charge in [0.15, 0.2) is 5.82 Å². The molecule has 0 spiro atoms. The second-order valence-corrected chi connectivity index (χ2v) is 15.8. The fraction of sp³-hybridized carbons (Fsp3) is 0.0566. The molecular formula is C53H35N3. The first-order valence-electron chi connectivity index (χ1n) is 19.4. The monoisotopic (exact) mass is 713 g/mol. The van der Waals surface area contributed by atoms with Gasteiger partial charge in [-0.25, -0.2) is 9.97 Å². The van der Waals surface area contributed by atoms with Crippen molar-refractivity contribution in [1.82, 2.24) is 14.5 Å². The van der Waals surface area contributed by atoms with Crippen LogP contribution in [0.15, 0.2) is 176 Å². The normalized spacial score (nSPS) is 13.3. The molecule has 0 unspecified atom stereocenters. The Morgan fingerprint density at radius 1 is 0.393 bits per heavy atom. The van der Waals surface area contributed by atoms with Gasteiger partial charge in [-0.3, -0.25) is 4.57 Å². The van der Waals surface area contributed by atoms with Crippen LogP contribution in [0.4, 0.5) is 0 Å². The van der Waals surface area contributed by atoms with Gasteiger partial charge in [0.25, 0.3) is 0 Å². The second kappa shape index (κ2) is 11.5. The van der Waals surface area contributed by atoms with Crippen molar-refractivity contribution in [3.8, 4) is 39.3 Å². The SMILES string of the molecule is CC1(C)c2ccccc2-c2cc(-c3nc4ccccc4nc3-n3c4ccc(-c5ccc6c(ccc7ccccc76)c5)cc4c4cc5ccccc5cc43)ccc21. The maximum Gasteiger partial charge on any atom is 0.165 e. The molecule has 3 heteroatoms. The largest absolute Gasteiger partial charge is 0.292 e. The zero-order valence-electron chi connectivity index (χ0n) is 31.1. The van der Waals surface area contributed by atoms with Gasteiger partial charge in [-0.05, 0) is 114 Å². The second-order valence-electron chi connectivity index (χ2n) is 15.8. The third kappa shape index (κ3) is 4.46. The molecule has 3 nitrogen and oxygen atoms in total. The highest BCUT2D eigenvalue weighted by Gasteiger charge is 2.35. The Bertz CT molecular complexity index is 3460. The van der Waals surface area contributed by atoms with Crippen LogP contribution in [0, 0.1) is 0 Å². The number of para-hydroxylation sites is 2. The fourth-order valence-electron chi connectivity index (χ4n) is 9.51. The van der Waals surface area contributed by atoms with E-state index in [4.69, 9.17) is 9.97 Å². The number of rotatable bonds is 3. The van der Waals surface area contributed by atoms with Crippen LogP contribution in [0.2, 0.25) is 0 Å². The Morgan fingerprint density at radius 3 is 1.89 bits per heavy atom. The minimum Gasteiger partial charge on any atom is -0.292 e. The van der Waals surface area contributed by atoms with E-state index in [2.05, 4.69) is 182 Å². The third-order valence-electron chi connectivity index (χ3n) is 12.3. The molecule has 1 aliphatic rings. The summed E-state index contributed by atoms with van der Waals surface area (Å²) in [5.74, 6) is 0.829. The van der Waals surface area contributed by atoms with E-state index in [1.807, 2.05) is 12.1 Å². The lowest BCUT2D eigenvalue weighted by Crippen LogP contribution is -2.14. The summed E-state index contributed by atoms with van der Waals surface area (Å²) in [4.78, 5) is 10.9. The van der Waals surface area contributed by atoms with Gasteiger partial charge >= 0.3 is 0 Å². The first-order chi connectivity index (χ1) is 27.5. The van der Waals surface area contributed by atoms with Crippen molar-refractivity contribution >= 4 is 65.2 Å². The van der Waals surface area contributed by atoms with E-state index in [1.54, 1.807) is 0 Å². The summed E-state index contributed by atoms with van der Waals surface area (Å²) in [6.07, 6.45) is 0. The molecule has 1 aliphatic carbocycles. The van der Waals surface area contributed by atoms with Crippen LogP contribution in [0.3, 0.4) is 0 Å². The summed E-state index contributed by atoms with van der Waals surface area (Å²) < 4.78 is 2.35. The Morgan fingerprint density at radius 2 is 1.02 bits per heavy atom. The van der Waals surface area contributed by atoms with Gasteiger partial charge in [0, 0.05) is 21.8 Å². The van der Waals surface area contributed by atoms with Crippen molar-refractivity contribution < 1.29 is 0 Å². The van der Waals surface area contributed by atoms with Gasteiger partial charge in [-0.2, -0.15) is 0 Å². The molecule has 0 bridgehead atoms. The topological polar surface area (TPSA) is 30.7 Å². The zero-order chi connectivity index (χ0) is 37.1. The van der Waals surface area contributed by atoms with Gasteiger partial charge in [-0.1, -0.05) is 141 Å². The quantitative estimate of drug-likeness (QED) is 0.171. The molecule has 262 valence electrons. The van der Waals surface area contributed by atoms with E-state index in [0.29, 0.717) is 0 Å². The maximum atomic E-state index is 5.48. The molecule has 0 fully saturated rings. The molecule has 11 aromatic rings. The summed E-state index contributed by atoms with van der Waals surface area (Å²) in [5, 5.41) is 9.85. The van der Waals surface area contributed by atoms with Crippen molar-refractivity contribution in [3.05, 3.63) is 187 Å². The highest BCUT2D eigenvalue weighted by Crippen LogP contribution is 2.50. The summed E-state index contributed by atoms with van der Waals surface area (Å²) in [6, 6.07) is 64.2. The molecule has 0 atom stereocenters. The Hall–Kier alpha value is -7.10. The Kier molecular flexibility index (Phi) is 6.40. The number of benzene rings is 9. The summed E-state index contributed by atoms with van der Waals surface area (Å²) >= 11 is 0. The third-order valence-corrected chi connectivity index (χ3v) is 12.3. The molecule has 0 radical (unpaired) electrons. The minimum absolute atomic E-state index is 0.0766. The lowest BCUT2D eigenvalue weighted by molar-refractivity contribution is 0.660. The van der Waals surface area contributed by atoms with Crippen LogP contribution in [-0.2, 0) is 5.41 Å². The number of aromatic nitrogens is 3. The van der Waals surface area contributed by atoms with Crippen molar-refractivity contribution in [2.45, 2.75) is 19.3 Å². The highest BCUT2D eigenvalue weighted by molar-refractivity contribution is 6.15. The maximum absolute atomic E-state index is 5.48. The Balaban J connectivity index is 1.12. The fourth-order valence-corrected chi connectivity index (χ4v) is 9.51. The minimum atomic E-state index is -0.0766. The molecule has 2 aromatic heterocycles. The average Bonchev–Trinajstić information content (AvgIpc) is 3.68. The molecule has 56 heavy (non-hydrogen) atoms. The van der Waals surface area contributed by atoms with Crippen LogP contribution in [-0.4, -0.2) is 14.5 Å². The van der Waals surface area contributed by atoms with Crippen LogP contribution in [0.5, 0.6) is 0 Å². The van der Waals surface area contributed by atoms with Crippen molar-refractivity contribution in [3.63, 3.8) is 0 Å². The van der Waals surface area contributed by atoms with Gasteiger partial charge < -0.3 is 0 Å².